The number of carbonyl (C=O) groups excluding carboxylic acids is 1. The lowest BCUT2D eigenvalue weighted by Gasteiger charge is -2.17. The molecule has 122 valence electrons. The number of nitrogens with zero attached hydrogens (tertiary/aromatic N) is 4. The van der Waals surface area contributed by atoms with Crippen LogP contribution in [0.25, 0.3) is 0 Å². The Balaban J connectivity index is 1.80. The molecule has 0 atom stereocenters. The van der Waals surface area contributed by atoms with Crippen LogP contribution in [0.2, 0.25) is 0 Å². The maximum absolute atomic E-state index is 13.4. The van der Waals surface area contributed by atoms with Gasteiger partial charge in [0, 0.05) is 7.05 Å². The second-order valence-electron chi connectivity index (χ2n) is 4.70. The molecule has 23 heavy (non-hydrogen) atoms. The lowest BCUT2D eigenvalue weighted by atomic mass is 10.3. The Kier molecular flexibility index (Phi) is 5.23. The Morgan fingerprint density at radius 2 is 2.13 bits per heavy atom. The van der Waals surface area contributed by atoms with E-state index in [1.165, 1.54) is 23.2 Å². The maximum Gasteiger partial charge on any atom is 0.358 e. The quantitative estimate of drug-likeness (QED) is 0.804. The van der Waals surface area contributed by atoms with E-state index >= 15 is 0 Å². The summed E-state index contributed by atoms with van der Waals surface area (Å²) in [6.45, 7) is 0.227. The van der Waals surface area contributed by atoms with Crippen LogP contribution in [0.4, 0.5) is 4.39 Å². The summed E-state index contributed by atoms with van der Waals surface area (Å²) in [6, 6.07) is 5.99. The second kappa shape index (κ2) is 7.34. The molecule has 8 nitrogen and oxygen atoms in total. The summed E-state index contributed by atoms with van der Waals surface area (Å²) in [5.41, 5.74) is -0.233. The van der Waals surface area contributed by atoms with Crippen LogP contribution in [-0.4, -0.2) is 57.1 Å². The molecule has 1 aromatic carbocycles. The molecule has 0 unspecified atom stereocenters. The van der Waals surface area contributed by atoms with Crippen LogP contribution in [0.5, 0.6) is 5.75 Å². The van der Waals surface area contributed by atoms with Crippen molar-refractivity contribution in [2.24, 2.45) is 0 Å². The van der Waals surface area contributed by atoms with Crippen LogP contribution in [0.1, 0.15) is 10.5 Å². The van der Waals surface area contributed by atoms with E-state index in [-0.39, 0.29) is 37.0 Å². The first kappa shape index (κ1) is 16.4. The second-order valence-corrected chi connectivity index (χ2v) is 4.70. The molecule has 0 aliphatic carbocycles. The van der Waals surface area contributed by atoms with Gasteiger partial charge in [0.2, 0.25) is 5.91 Å². The molecular formula is C14H15FN4O4. The number of carboxylic acids is 1. The first-order valence-corrected chi connectivity index (χ1v) is 6.72. The monoisotopic (exact) mass is 322 g/mol. The molecule has 2 aromatic rings. The molecule has 9 heteroatoms. The predicted molar refractivity (Wildman–Crippen MR) is 76.5 cm³/mol. The normalized spacial score (nSPS) is 10.3. The molecule has 0 aliphatic heterocycles. The molecule has 1 amide bonds. The van der Waals surface area contributed by atoms with Gasteiger partial charge < -0.3 is 14.7 Å². The van der Waals surface area contributed by atoms with E-state index in [2.05, 4.69) is 10.3 Å². The summed E-state index contributed by atoms with van der Waals surface area (Å²) in [6.07, 6.45) is 1.17. The summed E-state index contributed by atoms with van der Waals surface area (Å²) in [5.74, 6) is -1.86. The smallest absolute Gasteiger partial charge is 0.358 e. The highest BCUT2D eigenvalue weighted by atomic mass is 19.1. The zero-order valence-corrected chi connectivity index (χ0v) is 12.3. The Labute approximate surface area is 131 Å². The van der Waals surface area contributed by atoms with Crippen molar-refractivity contribution in [2.75, 3.05) is 20.2 Å². The summed E-state index contributed by atoms with van der Waals surface area (Å²) in [7, 11) is 1.56. The van der Waals surface area contributed by atoms with Gasteiger partial charge >= 0.3 is 5.97 Å². The average Bonchev–Trinajstić information content (AvgIpc) is 2.97. The molecule has 1 heterocycles. The van der Waals surface area contributed by atoms with Gasteiger partial charge in [-0.15, -0.1) is 5.10 Å². The van der Waals surface area contributed by atoms with Gasteiger partial charge in [-0.25, -0.2) is 13.9 Å². The van der Waals surface area contributed by atoms with Crippen LogP contribution in [-0.2, 0) is 11.3 Å². The molecule has 1 aromatic heterocycles. The van der Waals surface area contributed by atoms with Crippen molar-refractivity contribution in [3.63, 3.8) is 0 Å². The van der Waals surface area contributed by atoms with Crippen LogP contribution in [0, 0.1) is 5.82 Å². The molecule has 0 radical (unpaired) electrons. The SMILES string of the molecule is CN(CCOc1ccccc1F)C(=O)Cn1cc(C(=O)O)nn1. The number of aromatic nitrogens is 3. The average molecular weight is 322 g/mol. The van der Waals surface area contributed by atoms with E-state index in [0.717, 1.165) is 4.68 Å². The van der Waals surface area contributed by atoms with E-state index in [1.807, 2.05) is 0 Å². The predicted octanol–water partition coefficient (Wildman–Crippen LogP) is 0.653. The van der Waals surface area contributed by atoms with Gasteiger partial charge in [0.15, 0.2) is 17.3 Å². The van der Waals surface area contributed by atoms with E-state index in [9.17, 15) is 14.0 Å². The summed E-state index contributed by atoms with van der Waals surface area (Å²) in [4.78, 5) is 24.0. The van der Waals surface area contributed by atoms with Crippen LogP contribution >= 0.6 is 0 Å². The molecule has 0 spiro atoms. The number of para-hydroxylation sites is 1. The van der Waals surface area contributed by atoms with E-state index < -0.39 is 11.8 Å². The zero-order chi connectivity index (χ0) is 16.8. The first-order valence-electron chi connectivity index (χ1n) is 6.72. The minimum Gasteiger partial charge on any atom is -0.489 e. The maximum atomic E-state index is 13.4. The largest absolute Gasteiger partial charge is 0.489 e. The lowest BCUT2D eigenvalue weighted by Crippen LogP contribution is -2.33. The molecule has 2 rings (SSSR count). The van der Waals surface area contributed by atoms with Crippen LogP contribution in [0.15, 0.2) is 30.5 Å². The number of carbonyl (C=O) groups is 2. The molecule has 0 aliphatic rings. The van der Waals surface area contributed by atoms with Crippen molar-refractivity contribution in [1.82, 2.24) is 19.9 Å². The summed E-state index contributed by atoms with van der Waals surface area (Å²) >= 11 is 0. The third-order valence-electron chi connectivity index (χ3n) is 3.00. The van der Waals surface area contributed by atoms with Gasteiger partial charge in [0.25, 0.3) is 0 Å². The number of ether oxygens (including phenoxy) is 1. The Bertz CT molecular complexity index is 704. The number of hydrogen-bond donors (Lipinski definition) is 1. The molecule has 0 fully saturated rings. The van der Waals surface area contributed by atoms with Crippen LogP contribution < -0.4 is 4.74 Å². The third-order valence-corrected chi connectivity index (χ3v) is 3.00. The summed E-state index contributed by atoms with van der Waals surface area (Å²) in [5, 5.41) is 15.7. The van der Waals surface area contributed by atoms with Gasteiger partial charge in [-0.2, -0.15) is 0 Å². The number of hydrogen-bond acceptors (Lipinski definition) is 5. The van der Waals surface area contributed by atoms with Crippen molar-refractivity contribution in [1.29, 1.82) is 0 Å². The lowest BCUT2D eigenvalue weighted by molar-refractivity contribution is -0.131. The van der Waals surface area contributed by atoms with Crippen molar-refractivity contribution in [3.05, 3.63) is 42.0 Å². The van der Waals surface area contributed by atoms with E-state index in [1.54, 1.807) is 19.2 Å². The Morgan fingerprint density at radius 1 is 1.39 bits per heavy atom. The topological polar surface area (TPSA) is 97.5 Å². The molecular weight excluding hydrogens is 307 g/mol. The molecule has 0 saturated heterocycles. The molecule has 1 N–H and O–H groups in total. The number of carboxylic acid groups (broad SMARTS) is 1. The van der Waals surface area contributed by atoms with E-state index in [4.69, 9.17) is 9.84 Å². The number of aromatic carboxylic acids is 1. The number of halogens is 1. The first-order chi connectivity index (χ1) is 11.0. The fraction of sp³-hybridized carbons (Fsp3) is 0.286. The highest BCUT2D eigenvalue weighted by Crippen LogP contribution is 2.14. The van der Waals surface area contributed by atoms with Gasteiger partial charge in [0.05, 0.1) is 12.7 Å². The van der Waals surface area contributed by atoms with Crippen molar-refractivity contribution in [3.8, 4) is 5.75 Å². The fourth-order valence-corrected chi connectivity index (χ4v) is 1.71. The van der Waals surface area contributed by atoms with Crippen LogP contribution in [0.3, 0.4) is 0 Å². The highest BCUT2D eigenvalue weighted by Gasteiger charge is 2.13. The minimum absolute atomic E-state index is 0.121. The highest BCUT2D eigenvalue weighted by molar-refractivity contribution is 5.84. The Hall–Kier alpha value is -2.97. The van der Waals surface area contributed by atoms with Crippen molar-refractivity contribution in [2.45, 2.75) is 6.54 Å². The molecule has 0 bridgehead atoms. The fourth-order valence-electron chi connectivity index (χ4n) is 1.71. The number of benzene rings is 1. The number of amides is 1. The van der Waals surface area contributed by atoms with Gasteiger partial charge in [-0.05, 0) is 12.1 Å². The third kappa shape index (κ3) is 4.50. The zero-order valence-electron chi connectivity index (χ0n) is 12.3. The molecule has 0 saturated carbocycles. The minimum atomic E-state index is -1.21. The van der Waals surface area contributed by atoms with Gasteiger partial charge in [-0.1, -0.05) is 17.3 Å². The van der Waals surface area contributed by atoms with Gasteiger partial charge in [0.1, 0.15) is 13.2 Å². The number of rotatable bonds is 7. The van der Waals surface area contributed by atoms with Gasteiger partial charge in [-0.3, -0.25) is 4.79 Å². The summed E-state index contributed by atoms with van der Waals surface area (Å²) < 4.78 is 19.8. The van der Waals surface area contributed by atoms with Crippen molar-refractivity contribution < 1.29 is 23.8 Å². The van der Waals surface area contributed by atoms with E-state index in [0.29, 0.717) is 0 Å². The standard InChI is InChI=1S/C14H15FN4O4/c1-18(6-7-23-12-5-3-2-4-10(12)15)13(20)9-19-8-11(14(21)22)16-17-19/h2-5,8H,6-7,9H2,1H3,(H,21,22). The number of likely N-dealkylation sites (N-methyl/N-ethyl adjacent to an activating group) is 1. The van der Waals surface area contributed by atoms with Crippen molar-refractivity contribution >= 4 is 11.9 Å². The Morgan fingerprint density at radius 3 is 2.78 bits per heavy atom.